The van der Waals surface area contributed by atoms with Gasteiger partial charge in [-0.15, -0.1) is 0 Å². The minimum absolute atomic E-state index is 0.0313. The monoisotopic (exact) mass is 380 g/mol. The Hall–Kier alpha value is -2.33. The minimum Gasteiger partial charge on any atom is -0.494 e. The Morgan fingerprint density at radius 1 is 1.04 bits per heavy atom. The maximum absolute atomic E-state index is 12.7. The van der Waals surface area contributed by atoms with Crippen molar-refractivity contribution >= 4 is 5.91 Å². The van der Waals surface area contributed by atoms with Gasteiger partial charge in [-0.2, -0.15) is 0 Å². The lowest BCUT2D eigenvalue weighted by Gasteiger charge is -2.35. The minimum atomic E-state index is -0.0313. The molecule has 1 heterocycles. The molecule has 0 spiro atoms. The molecular weight excluding hydrogens is 348 g/mol. The van der Waals surface area contributed by atoms with E-state index in [1.807, 2.05) is 24.3 Å². The summed E-state index contributed by atoms with van der Waals surface area (Å²) < 4.78 is 5.60. The van der Waals surface area contributed by atoms with Crippen LogP contribution in [-0.4, -0.2) is 37.0 Å². The molecular formula is C24H32N2O2. The van der Waals surface area contributed by atoms with Crippen LogP contribution in [0.4, 0.5) is 0 Å². The maximum atomic E-state index is 12.7. The number of amides is 1. The number of carbonyl (C=O) groups is 1. The number of carbonyl (C=O) groups excluding carboxylic acids is 1. The number of ether oxygens (including phenoxy) is 1. The van der Waals surface area contributed by atoms with Gasteiger partial charge in [-0.25, -0.2) is 0 Å². The molecule has 1 aliphatic rings. The fourth-order valence-corrected chi connectivity index (χ4v) is 3.69. The first-order chi connectivity index (χ1) is 13.7. The molecule has 0 radical (unpaired) electrons. The van der Waals surface area contributed by atoms with Crippen molar-refractivity contribution < 1.29 is 9.53 Å². The van der Waals surface area contributed by atoms with Crippen LogP contribution in [0.1, 0.15) is 60.1 Å². The molecule has 3 rings (SSSR count). The molecule has 1 fully saturated rings. The van der Waals surface area contributed by atoms with Crippen LogP contribution in [0.5, 0.6) is 5.75 Å². The average molecular weight is 381 g/mol. The number of rotatable bonds is 8. The van der Waals surface area contributed by atoms with Gasteiger partial charge in [0.05, 0.1) is 12.6 Å². The molecule has 4 nitrogen and oxygen atoms in total. The molecule has 1 amide bonds. The Labute approximate surface area is 168 Å². The first kappa shape index (κ1) is 20.4. The van der Waals surface area contributed by atoms with Crippen LogP contribution >= 0.6 is 0 Å². The van der Waals surface area contributed by atoms with Crippen LogP contribution in [0, 0.1) is 6.92 Å². The van der Waals surface area contributed by atoms with E-state index in [1.54, 1.807) is 0 Å². The van der Waals surface area contributed by atoms with Gasteiger partial charge in [0.25, 0.3) is 5.91 Å². The predicted octanol–water partition coefficient (Wildman–Crippen LogP) is 4.74. The second-order valence-electron chi connectivity index (χ2n) is 7.61. The van der Waals surface area contributed by atoms with Crippen molar-refractivity contribution in [3.8, 4) is 5.75 Å². The summed E-state index contributed by atoms with van der Waals surface area (Å²) in [7, 11) is 0. The molecule has 150 valence electrons. The lowest BCUT2D eigenvalue weighted by Crippen LogP contribution is -2.40. The van der Waals surface area contributed by atoms with E-state index in [9.17, 15) is 4.79 Å². The van der Waals surface area contributed by atoms with Gasteiger partial charge in [0, 0.05) is 12.1 Å². The summed E-state index contributed by atoms with van der Waals surface area (Å²) in [4.78, 5) is 15.2. The number of aryl methyl sites for hydroxylation is 1. The van der Waals surface area contributed by atoms with E-state index in [2.05, 4.69) is 48.3 Å². The molecule has 4 heteroatoms. The van der Waals surface area contributed by atoms with Crippen molar-refractivity contribution in [3.05, 3.63) is 65.2 Å². The Morgan fingerprint density at radius 3 is 2.36 bits per heavy atom. The van der Waals surface area contributed by atoms with Crippen LogP contribution in [0.2, 0.25) is 0 Å². The lowest BCUT2D eigenvalue weighted by atomic mass is 10.0. The van der Waals surface area contributed by atoms with Crippen molar-refractivity contribution in [2.45, 2.75) is 45.6 Å². The van der Waals surface area contributed by atoms with Gasteiger partial charge >= 0.3 is 0 Å². The van der Waals surface area contributed by atoms with Crippen molar-refractivity contribution in [2.75, 3.05) is 26.2 Å². The topological polar surface area (TPSA) is 41.6 Å². The fourth-order valence-electron chi connectivity index (χ4n) is 3.69. The number of nitrogens with zero attached hydrogens (tertiary/aromatic N) is 1. The van der Waals surface area contributed by atoms with Crippen molar-refractivity contribution in [2.24, 2.45) is 0 Å². The summed E-state index contributed by atoms with van der Waals surface area (Å²) in [6, 6.07) is 16.3. The first-order valence-electron chi connectivity index (χ1n) is 10.5. The van der Waals surface area contributed by atoms with E-state index in [0.29, 0.717) is 18.7 Å². The highest BCUT2D eigenvalue weighted by molar-refractivity contribution is 5.94. The molecule has 1 aliphatic heterocycles. The van der Waals surface area contributed by atoms with Gasteiger partial charge in [-0.1, -0.05) is 43.2 Å². The number of hydrogen-bond acceptors (Lipinski definition) is 3. The zero-order valence-corrected chi connectivity index (χ0v) is 17.1. The highest BCUT2D eigenvalue weighted by atomic mass is 16.5. The molecule has 1 N–H and O–H groups in total. The Bertz CT molecular complexity index is 734. The van der Waals surface area contributed by atoms with Gasteiger partial charge in [-0.3, -0.25) is 9.69 Å². The quantitative estimate of drug-likeness (QED) is 0.719. The molecule has 1 saturated heterocycles. The number of likely N-dealkylation sites (tertiary alicyclic amines) is 1. The largest absolute Gasteiger partial charge is 0.494 e. The van der Waals surface area contributed by atoms with E-state index in [-0.39, 0.29) is 11.9 Å². The van der Waals surface area contributed by atoms with Gasteiger partial charge in [-0.05, 0) is 69.1 Å². The molecule has 0 saturated carbocycles. The van der Waals surface area contributed by atoms with Crippen molar-refractivity contribution in [3.63, 3.8) is 0 Å². The third-order valence-corrected chi connectivity index (χ3v) is 5.34. The first-order valence-corrected chi connectivity index (χ1v) is 10.5. The smallest absolute Gasteiger partial charge is 0.251 e. The van der Waals surface area contributed by atoms with Gasteiger partial charge < -0.3 is 10.1 Å². The second kappa shape index (κ2) is 10.3. The van der Waals surface area contributed by atoms with Crippen LogP contribution in [0.15, 0.2) is 48.5 Å². The summed E-state index contributed by atoms with van der Waals surface area (Å²) in [6.45, 7) is 7.69. The number of hydrogen-bond donors (Lipinski definition) is 1. The van der Waals surface area contributed by atoms with E-state index in [4.69, 9.17) is 4.74 Å². The highest BCUT2D eigenvalue weighted by Crippen LogP contribution is 2.24. The van der Waals surface area contributed by atoms with Crippen molar-refractivity contribution in [1.29, 1.82) is 0 Å². The zero-order valence-electron chi connectivity index (χ0n) is 17.1. The molecule has 28 heavy (non-hydrogen) atoms. The normalized spacial score (nSPS) is 15.8. The third kappa shape index (κ3) is 5.59. The maximum Gasteiger partial charge on any atom is 0.251 e. The predicted molar refractivity (Wildman–Crippen MR) is 114 cm³/mol. The summed E-state index contributed by atoms with van der Waals surface area (Å²) in [5.41, 5.74) is 3.21. The van der Waals surface area contributed by atoms with Crippen LogP contribution in [0.3, 0.4) is 0 Å². The number of nitrogens with one attached hydrogen (secondary N) is 1. The Balaban J connectivity index is 1.65. The molecule has 2 aromatic rings. The van der Waals surface area contributed by atoms with Crippen molar-refractivity contribution in [1.82, 2.24) is 10.2 Å². The average Bonchev–Trinajstić information content (AvgIpc) is 2.74. The molecule has 0 bridgehead atoms. The van der Waals surface area contributed by atoms with Crippen LogP contribution in [0.25, 0.3) is 0 Å². The Kier molecular flexibility index (Phi) is 7.49. The summed E-state index contributed by atoms with van der Waals surface area (Å²) in [6.07, 6.45) is 4.74. The van der Waals surface area contributed by atoms with E-state index >= 15 is 0 Å². The van der Waals surface area contributed by atoms with E-state index in [0.717, 1.165) is 25.3 Å². The highest BCUT2D eigenvalue weighted by Gasteiger charge is 2.23. The standard InChI is InChI=1S/C24H32N2O2/c1-3-17-28-22-13-11-21(12-14-22)24(27)25-18-23(26-15-5-4-6-16-26)20-9-7-19(2)8-10-20/h7-14,23H,3-6,15-18H2,1-2H3,(H,25,27)/t23-/m1/s1. The van der Waals surface area contributed by atoms with Gasteiger partial charge in [0.15, 0.2) is 0 Å². The summed E-state index contributed by atoms with van der Waals surface area (Å²) >= 11 is 0. The zero-order chi connectivity index (χ0) is 19.8. The number of piperidine rings is 1. The molecule has 0 aliphatic carbocycles. The van der Waals surface area contributed by atoms with Gasteiger partial charge in [0.1, 0.15) is 5.75 Å². The lowest BCUT2D eigenvalue weighted by molar-refractivity contribution is 0.0924. The molecule has 2 aromatic carbocycles. The van der Waals surface area contributed by atoms with Gasteiger partial charge in [0.2, 0.25) is 0 Å². The van der Waals surface area contributed by atoms with Crippen LogP contribution in [-0.2, 0) is 0 Å². The SMILES string of the molecule is CCCOc1ccc(C(=O)NC[C@H](c2ccc(C)cc2)N2CCCCC2)cc1. The summed E-state index contributed by atoms with van der Waals surface area (Å²) in [5.74, 6) is 0.778. The summed E-state index contributed by atoms with van der Waals surface area (Å²) in [5, 5.41) is 3.15. The molecule has 0 unspecified atom stereocenters. The van der Waals surface area contributed by atoms with E-state index in [1.165, 1.54) is 30.4 Å². The van der Waals surface area contributed by atoms with Crippen LogP contribution < -0.4 is 10.1 Å². The fraction of sp³-hybridized carbons (Fsp3) is 0.458. The number of benzene rings is 2. The molecule has 1 atom stereocenters. The Morgan fingerprint density at radius 2 is 1.71 bits per heavy atom. The second-order valence-corrected chi connectivity index (χ2v) is 7.61. The third-order valence-electron chi connectivity index (χ3n) is 5.34. The van der Waals surface area contributed by atoms with E-state index < -0.39 is 0 Å². The molecule has 0 aromatic heterocycles.